The number of aryl methyl sites for hydroxylation is 1. The Hall–Kier alpha value is -3.48. The summed E-state index contributed by atoms with van der Waals surface area (Å²) >= 11 is 0. The fraction of sp³-hybridized carbons (Fsp3) is 0.105. The van der Waals surface area contributed by atoms with Gasteiger partial charge >= 0.3 is 6.03 Å². The summed E-state index contributed by atoms with van der Waals surface area (Å²) < 4.78 is 12.9. The number of nitrogens with one attached hydrogen (secondary N) is 2. The molecule has 2 aromatic rings. The molecule has 3 rings (SSSR count). The van der Waals surface area contributed by atoms with Crippen molar-refractivity contribution < 1.29 is 18.8 Å². The highest BCUT2D eigenvalue weighted by Gasteiger charge is 2.34. The highest BCUT2D eigenvalue weighted by molar-refractivity contribution is 6.16. The van der Waals surface area contributed by atoms with E-state index in [2.05, 4.69) is 10.6 Å². The quantitative estimate of drug-likeness (QED) is 0.655. The average Bonchev–Trinajstić information content (AvgIpc) is 2.86. The summed E-state index contributed by atoms with van der Waals surface area (Å²) in [5.41, 5.74) is 2.24. The van der Waals surface area contributed by atoms with Crippen LogP contribution >= 0.6 is 0 Å². The number of anilines is 1. The van der Waals surface area contributed by atoms with Gasteiger partial charge in [-0.2, -0.15) is 0 Å². The van der Waals surface area contributed by atoms with Gasteiger partial charge in [0.25, 0.3) is 5.91 Å². The van der Waals surface area contributed by atoms with E-state index in [1.807, 2.05) is 31.2 Å². The molecule has 1 heterocycles. The lowest BCUT2D eigenvalue weighted by Gasteiger charge is -2.11. The SMILES string of the molecule is Cc1ccccc1/C=C1\NC(=O)N(CC(=O)Nc2ccc(F)cc2)C1=O. The predicted molar refractivity (Wildman–Crippen MR) is 94.4 cm³/mol. The van der Waals surface area contributed by atoms with E-state index in [1.165, 1.54) is 24.3 Å². The van der Waals surface area contributed by atoms with Gasteiger partial charge in [0, 0.05) is 5.69 Å². The third-order valence-electron chi connectivity index (χ3n) is 3.88. The number of hydrogen-bond donors (Lipinski definition) is 2. The molecule has 0 unspecified atom stereocenters. The highest BCUT2D eigenvalue weighted by Crippen LogP contribution is 2.16. The van der Waals surface area contributed by atoms with E-state index in [0.717, 1.165) is 16.0 Å². The molecule has 4 amide bonds. The van der Waals surface area contributed by atoms with Crippen LogP contribution in [0.3, 0.4) is 0 Å². The summed E-state index contributed by atoms with van der Waals surface area (Å²) in [7, 11) is 0. The summed E-state index contributed by atoms with van der Waals surface area (Å²) in [6.45, 7) is 1.45. The van der Waals surface area contributed by atoms with Crippen LogP contribution in [0.1, 0.15) is 11.1 Å². The number of urea groups is 1. The number of nitrogens with zero attached hydrogens (tertiary/aromatic N) is 1. The van der Waals surface area contributed by atoms with Crippen LogP contribution in [0.2, 0.25) is 0 Å². The number of carbonyl (C=O) groups is 3. The Morgan fingerprint density at radius 2 is 1.85 bits per heavy atom. The van der Waals surface area contributed by atoms with Crippen LogP contribution in [0.5, 0.6) is 0 Å². The second kappa shape index (κ2) is 7.18. The van der Waals surface area contributed by atoms with E-state index >= 15 is 0 Å². The lowest BCUT2D eigenvalue weighted by molar-refractivity contribution is -0.127. The number of imide groups is 1. The third kappa shape index (κ3) is 3.77. The zero-order valence-corrected chi connectivity index (χ0v) is 14.0. The second-order valence-electron chi connectivity index (χ2n) is 5.79. The van der Waals surface area contributed by atoms with Crippen LogP contribution in [-0.4, -0.2) is 29.3 Å². The summed E-state index contributed by atoms with van der Waals surface area (Å²) in [4.78, 5) is 37.3. The zero-order chi connectivity index (χ0) is 18.7. The molecule has 2 aromatic carbocycles. The van der Waals surface area contributed by atoms with Crippen LogP contribution in [-0.2, 0) is 9.59 Å². The molecule has 0 atom stereocenters. The van der Waals surface area contributed by atoms with E-state index in [0.29, 0.717) is 5.69 Å². The summed E-state index contributed by atoms with van der Waals surface area (Å²) in [5, 5.41) is 4.99. The molecule has 0 bridgehead atoms. The second-order valence-corrected chi connectivity index (χ2v) is 5.79. The molecule has 2 N–H and O–H groups in total. The first-order chi connectivity index (χ1) is 12.4. The van der Waals surface area contributed by atoms with Gasteiger partial charge in [-0.05, 0) is 48.4 Å². The normalized spacial score (nSPS) is 15.3. The van der Waals surface area contributed by atoms with Crippen LogP contribution < -0.4 is 10.6 Å². The first-order valence-electron chi connectivity index (χ1n) is 7.89. The van der Waals surface area contributed by atoms with Crippen LogP contribution in [0.25, 0.3) is 6.08 Å². The monoisotopic (exact) mass is 353 g/mol. The Kier molecular flexibility index (Phi) is 4.79. The van der Waals surface area contributed by atoms with Crippen molar-refractivity contribution in [1.29, 1.82) is 0 Å². The van der Waals surface area contributed by atoms with Crippen LogP contribution in [0.4, 0.5) is 14.9 Å². The molecule has 1 aliphatic heterocycles. The molecule has 1 fully saturated rings. The minimum absolute atomic E-state index is 0.110. The molecule has 0 spiro atoms. The maximum atomic E-state index is 12.9. The fourth-order valence-electron chi connectivity index (χ4n) is 2.50. The van der Waals surface area contributed by atoms with Gasteiger partial charge in [0.1, 0.15) is 18.1 Å². The van der Waals surface area contributed by atoms with Gasteiger partial charge in [-0.25, -0.2) is 14.1 Å². The van der Waals surface area contributed by atoms with Crippen molar-refractivity contribution >= 4 is 29.6 Å². The van der Waals surface area contributed by atoms with Crippen molar-refractivity contribution in [3.8, 4) is 0 Å². The number of carbonyl (C=O) groups excluding carboxylic acids is 3. The molecule has 1 aliphatic rings. The van der Waals surface area contributed by atoms with Gasteiger partial charge in [0.05, 0.1) is 0 Å². The van der Waals surface area contributed by atoms with Gasteiger partial charge in [-0.15, -0.1) is 0 Å². The molecular formula is C19H16FN3O3. The lowest BCUT2D eigenvalue weighted by Crippen LogP contribution is -2.38. The molecule has 6 nitrogen and oxygen atoms in total. The van der Waals surface area contributed by atoms with Crippen molar-refractivity contribution in [2.45, 2.75) is 6.92 Å². The number of amides is 4. The molecule has 7 heteroatoms. The van der Waals surface area contributed by atoms with Crippen LogP contribution in [0.15, 0.2) is 54.2 Å². The topological polar surface area (TPSA) is 78.5 Å². The Morgan fingerprint density at radius 3 is 2.54 bits per heavy atom. The van der Waals surface area contributed by atoms with Gasteiger partial charge in [-0.1, -0.05) is 24.3 Å². The van der Waals surface area contributed by atoms with Crippen molar-refractivity contribution in [3.63, 3.8) is 0 Å². The maximum Gasteiger partial charge on any atom is 0.329 e. The molecule has 132 valence electrons. The number of benzene rings is 2. The summed E-state index contributed by atoms with van der Waals surface area (Å²) in [5.74, 6) is -1.56. The third-order valence-corrected chi connectivity index (χ3v) is 3.88. The van der Waals surface area contributed by atoms with E-state index < -0.39 is 30.2 Å². The van der Waals surface area contributed by atoms with Crippen molar-refractivity contribution in [3.05, 3.63) is 71.2 Å². The fourth-order valence-corrected chi connectivity index (χ4v) is 2.50. The van der Waals surface area contributed by atoms with Gasteiger partial charge < -0.3 is 10.6 Å². The smallest absolute Gasteiger partial charge is 0.325 e. The molecule has 1 saturated heterocycles. The molecular weight excluding hydrogens is 337 g/mol. The molecule has 26 heavy (non-hydrogen) atoms. The Labute approximate surface area is 149 Å². The zero-order valence-electron chi connectivity index (χ0n) is 14.0. The largest absolute Gasteiger partial charge is 0.329 e. The minimum atomic E-state index is -0.663. The van der Waals surface area contributed by atoms with E-state index in [4.69, 9.17) is 0 Å². The number of hydrogen-bond acceptors (Lipinski definition) is 3. The molecule has 0 saturated carbocycles. The standard InChI is InChI=1S/C19H16FN3O3/c1-12-4-2-3-5-13(12)10-16-18(25)23(19(26)22-16)11-17(24)21-15-8-6-14(20)7-9-15/h2-10H,11H2,1H3,(H,21,24)(H,22,26)/b16-10-. The van der Waals surface area contributed by atoms with Gasteiger partial charge in [0.15, 0.2) is 0 Å². The summed E-state index contributed by atoms with van der Waals surface area (Å²) in [6, 6.07) is 11.9. The van der Waals surface area contributed by atoms with Crippen molar-refractivity contribution in [2.75, 3.05) is 11.9 Å². The van der Waals surface area contributed by atoms with Gasteiger partial charge in [-0.3, -0.25) is 9.59 Å². The average molecular weight is 353 g/mol. The maximum absolute atomic E-state index is 12.9. The first-order valence-corrected chi connectivity index (χ1v) is 7.89. The van der Waals surface area contributed by atoms with E-state index in [9.17, 15) is 18.8 Å². The predicted octanol–water partition coefficient (Wildman–Crippen LogP) is 2.67. The molecule has 0 radical (unpaired) electrons. The van der Waals surface area contributed by atoms with Crippen molar-refractivity contribution in [1.82, 2.24) is 10.2 Å². The van der Waals surface area contributed by atoms with E-state index in [-0.39, 0.29) is 5.70 Å². The lowest BCUT2D eigenvalue weighted by atomic mass is 10.1. The van der Waals surface area contributed by atoms with E-state index in [1.54, 1.807) is 6.08 Å². The Morgan fingerprint density at radius 1 is 1.15 bits per heavy atom. The van der Waals surface area contributed by atoms with Crippen LogP contribution in [0, 0.1) is 12.7 Å². The highest BCUT2D eigenvalue weighted by atomic mass is 19.1. The van der Waals surface area contributed by atoms with Crippen molar-refractivity contribution in [2.24, 2.45) is 0 Å². The number of halogens is 1. The first kappa shape index (κ1) is 17.3. The number of rotatable bonds is 4. The minimum Gasteiger partial charge on any atom is -0.325 e. The molecule has 0 aromatic heterocycles. The molecule has 0 aliphatic carbocycles. The van der Waals surface area contributed by atoms with Gasteiger partial charge in [0.2, 0.25) is 5.91 Å². The summed E-state index contributed by atoms with van der Waals surface area (Å²) in [6.07, 6.45) is 1.58. The Bertz CT molecular complexity index is 907. The Balaban J connectivity index is 1.70.